The molecule has 134 valence electrons. The quantitative estimate of drug-likeness (QED) is 0.789. The van der Waals surface area contributed by atoms with Crippen LogP contribution in [0.3, 0.4) is 0 Å². The molecule has 0 spiro atoms. The summed E-state index contributed by atoms with van der Waals surface area (Å²) in [5, 5.41) is 0. The van der Waals surface area contributed by atoms with Crippen molar-refractivity contribution in [1.82, 2.24) is 9.80 Å². The van der Waals surface area contributed by atoms with Gasteiger partial charge in [-0.15, -0.1) is 0 Å². The maximum Gasteiger partial charge on any atom is 0.332 e. The molecule has 2 aliphatic rings. The van der Waals surface area contributed by atoms with E-state index in [4.69, 9.17) is 0 Å². The molecule has 3 rings (SSSR count). The molecule has 0 radical (unpaired) electrons. The van der Waals surface area contributed by atoms with Crippen molar-refractivity contribution in [1.29, 1.82) is 0 Å². The number of amides is 4. The Hall–Kier alpha value is -2.44. The zero-order chi connectivity index (χ0) is 18.0. The molecular formula is C18H22FN3O3. The zero-order valence-corrected chi connectivity index (χ0v) is 14.3. The fraction of sp³-hybridized carbons (Fsp3) is 0.500. The molecule has 1 aromatic carbocycles. The second-order valence-corrected chi connectivity index (χ2v) is 6.52. The number of imide groups is 1. The Bertz CT molecular complexity index is 669. The molecule has 0 saturated carbocycles. The Balaban J connectivity index is 1.73. The Labute approximate surface area is 146 Å². The molecular weight excluding hydrogens is 325 g/mol. The van der Waals surface area contributed by atoms with Gasteiger partial charge >= 0.3 is 6.03 Å². The van der Waals surface area contributed by atoms with Crippen LogP contribution in [0.1, 0.15) is 32.6 Å². The van der Waals surface area contributed by atoms with Crippen molar-refractivity contribution in [2.75, 3.05) is 24.5 Å². The molecule has 2 fully saturated rings. The Morgan fingerprint density at radius 3 is 2.28 bits per heavy atom. The largest absolute Gasteiger partial charge is 0.341 e. The van der Waals surface area contributed by atoms with E-state index in [1.54, 1.807) is 11.8 Å². The van der Waals surface area contributed by atoms with Gasteiger partial charge in [-0.05, 0) is 44.0 Å². The summed E-state index contributed by atoms with van der Waals surface area (Å²) in [5.74, 6) is -1.02. The van der Waals surface area contributed by atoms with Crippen LogP contribution in [0.2, 0.25) is 0 Å². The van der Waals surface area contributed by atoms with E-state index in [0.717, 1.165) is 30.6 Å². The van der Waals surface area contributed by atoms with E-state index in [1.807, 2.05) is 0 Å². The van der Waals surface area contributed by atoms with Crippen molar-refractivity contribution >= 4 is 23.5 Å². The first-order valence-electron chi connectivity index (χ1n) is 8.67. The van der Waals surface area contributed by atoms with Crippen LogP contribution in [0.15, 0.2) is 24.3 Å². The number of rotatable bonds is 3. The number of likely N-dealkylation sites (tertiary alicyclic amines) is 1. The van der Waals surface area contributed by atoms with Crippen molar-refractivity contribution in [3.05, 3.63) is 30.1 Å². The van der Waals surface area contributed by atoms with Crippen molar-refractivity contribution in [2.45, 2.75) is 38.6 Å². The number of benzene rings is 1. The lowest BCUT2D eigenvalue weighted by molar-refractivity contribution is -0.137. The van der Waals surface area contributed by atoms with Gasteiger partial charge in [-0.2, -0.15) is 0 Å². The minimum atomic E-state index is -0.713. The van der Waals surface area contributed by atoms with Gasteiger partial charge in [0, 0.05) is 18.8 Å². The molecule has 2 aliphatic heterocycles. The number of carbonyl (C=O) groups is 3. The number of urea groups is 1. The average Bonchev–Trinajstić information content (AvgIpc) is 2.83. The zero-order valence-electron chi connectivity index (χ0n) is 14.3. The summed E-state index contributed by atoms with van der Waals surface area (Å²) in [5.41, 5.74) is 0.442. The average molecular weight is 347 g/mol. The van der Waals surface area contributed by atoms with Crippen LogP contribution in [0.25, 0.3) is 0 Å². The monoisotopic (exact) mass is 347 g/mol. The van der Waals surface area contributed by atoms with Gasteiger partial charge in [-0.25, -0.2) is 9.18 Å². The first-order valence-corrected chi connectivity index (χ1v) is 8.67. The van der Waals surface area contributed by atoms with Crippen LogP contribution < -0.4 is 4.90 Å². The molecule has 6 nitrogen and oxygen atoms in total. The van der Waals surface area contributed by atoms with Gasteiger partial charge in [0.05, 0.1) is 0 Å². The fourth-order valence-corrected chi connectivity index (χ4v) is 3.36. The van der Waals surface area contributed by atoms with E-state index in [1.165, 1.54) is 29.2 Å². The van der Waals surface area contributed by atoms with Crippen LogP contribution in [-0.4, -0.2) is 53.3 Å². The van der Waals surface area contributed by atoms with Crippen molar-refractivity contribution in [3.8, 4) is 0 Å². The van der Waals surface area contributed by atoms with Crippen molar-refractivity contribution in [2.24, 2.45) is 0 Å². The molecule has 25 heavy (non-hydrogen) atoms. The normalized spacial score (nSPS) is 21.7. The first-order chi connectivity index (χ1) is 12.0. The van der Waals surface area contributed by atoms with Crippen LogP contribution in [0.5, 0.6) is 0 Å². The number of anilines is 1. The third-order valence-electron chi connectivity index (χ3n) is 4.80. The Morgan fingerprint density at radius 2 is 1.68 bits per heavy atom. The molecule has 0 N–H and O–H groups in total. The SMILES string of the molecule is C[C@H]1C(=O)N(CC(=O)N2CCCCCC2)C(=O)N1c1ccc(F)cc1. The Kier molecular flexibility index (Phi) is 5.01. The van der Waals surface area contributed by atoms with Gasteiger partial charge < -0.3 is 4.90 Å². The van der Waals surface area contributed by atoms with E-state index in [0.29, 0.717) is 18.8 Å². The topological polar surface area (TPSA) is 60.9 Å². The van der Waals surface area contributed by atoms with E-state index >= 15 is 0 Å². The minimum absolute atomic E-state index is 0.197. The van der Waals surface area contributed by atoms with Crippen LogP contribution in [-0.2, 0) is 9.59 Å². The second kappa shape index (κ2) is 7.21. The smallest absolute Gasteiger partial charge is 0.332 e. The molecule has 1 atom stereocenters. The van der Waals surface area contributed by atoms with Gasteiger partial charge in [0.1, 0.15) is 18.4 Å². The molecule has 2 heterocycles. The molecule has 0 bridgehead atoms. The summed E-state index contributed by atoms with van der Waals surface area (Å²) >= 11 is 0. The van der Waals surface area contributed by atoms with Gasteiger partial charge in [-0.1, -0.05) is 12.8 Å². The predicted octanol–water partition coefficient (Wildman–Crippen LogP) is 2.39. The van der Waals surface area contributed by atoms with Crippen LogP contribution in [0.4, 0.5) is 14.9 Å². The molecule has 0 unspecified atom stereocenters. The lowest BCUT2D eigenvalue weighted by Gasteiger charge is -2.23. The van der Waals surface area contributed by atoms with Gasteiger partial charge in [0.15, 0.2) is 0 Å². The van der Waals surface area contributed by atoms with Gasteiger partial charge in [0.2, 0.25) is 5.91 Å². The van der Waals surface area contributed by atoms with Crippen molar-refractivity contribution in [3.63, 3.8) is 0 Å². The number of carbonyl (C=O) groups excluding carboxylic acids is 3. The highest BCUT2D eigenvalue weighted by atomic mass is 19.1. The van der Waals surface area contributed by atoms with E-state index < -0.39 is 23.8 Å². The summed E-state index contributed by atoms with van der Waals surface area (Å²) in [6, 6.07) is 4.14. The molecule has 4 amide bonds. The maximum atomic E-state index is 13.1. The molecule has 2 saturated heterocycles. The van der Waals surface area contributed by atoms with E-state index in [2.05, 4.69) is 0 Å². The predicted molar refractivity (Wildman–Crippen MR) is 90.5 cm³/mol. The first kappa shape index (κ1) is 17.4. The summed E-state index contributed by atoms with van der Waals surface area (Å²) in [7, 11) is 0. The highest BCUT2D eigenvalue weighted by Gasteiger charge is 2.44. The highest BCUT2D eigenvalue weighted by Crippen LogP contribution is 2.26. The van der Waals surface area contributed by atoms with E-state index in [-0.39, 0.29) is 12.5 Å². The fourth-order valence-electron chi connectivity index (χ4n) is 3.36. The molecule has 0 aromatic heterocycles. The summed E-state index contributed by atoms with van der Waals surface area (Å²) in [6.07, 6.45) is 4.10. The van der Waals surface area contributed by atoms with Crippen LogP contribution >= 0.6 is 0 Å². The number of halogens is 1. The summed E-state index contributed by atoms with van der Waals surface area (Å²) < 4.78 is 13.1. The van der Waals surface area contributed by atoms with Gasteiger partial charge in [0.25, 0.3) is 5.91 Å². The molecule has 0 aliphatic carbocycles. The number of nitrogens with zero attached hydrogens (tertiary/aromatic N) is 3. The van der Waals surface area contributed by atoms with Crippen LogP contribution in [0, 0.1) is 5.82 Å². The highest BCUT2D eigenvalue weighted by molar-refractivity contribution is 6.15. The minimum Gasteiger partial charge on any atom is -0.341 e. The summed E-state index contributed by atoms with van der Waals surface area (Å²) in [4.78, 5) is 41.7. The van der Waals surface area contributed by atoms with Gasteiger partial charge in [-0.3, -0.25) is 19.4 Å². The standard InChI is InChI=1S/C18H22FN3O3/c1-13-17(24)21(12-16(23)20-10-4-2-3-5-11-20)18(25)22(13)15-8-6-14(19)7-9-15/h6-9,13H,2-5,10-12H2,1H3/t13-/m0/s1. The molecule has 1 aromatic rings. The second-order valence-electron chi connectivity index (χ2n) is 6.52. The third kappa shape index (κ3) is 3.50. The number of hydrogen-bond acceptors (Lipinski definition) is 3. The lowest BCUT2D eigenvalue weighted by Crippen LogP contribution is -2.43. The van der Waals surface area contributed by atoms with Crippen molar-refractivity contribution < 1.29 is 18.8 Å². The Morgan fingerprint density at radius 1 is 1.08 bits per heavy atom. The number of hydrogen-bond donors (Lipinski definition) is 0. The maximum absolute atomic E-state index is 13.1. The molecule has 7 heteroatoms. The lowest BCUT2D eigenvalue weighted by atomic mass is 10.2. The third-order valence-corrected chi connectivity index (χ3v) is 4.80. The van der Waals surface area contributed by atoms with E-state index in [9.17, 15) is 18.8 Å². The summed E-state index contributed by atoms with van der Waals surface area (Å²) in [6.45, 7) is 2.72.